The molecule has 0 radical (unpaired) electrons. The van der Waals surface area contributed by atoms with Crippen molar-refractivity contribution in [2.75, 3.05) is 33.2 Å². The van der Waals surface area contributed by atoms with Crippen LogP contribution in [0, 0.1) is 0 Å². The van der Waals surface area contributed by atoms with Crippen molar-refractivity contribution in [3.8, 4) is 0 Å². The minimum absolute atomic E-state index is 0.0765. The van der Waals surface area contributed by atoms with Gasteiger partial charge in [-0.2, -0.15) is 4.31 Å². The Labute approximate surface area is 161 Å². The van der Waals surface area contributed by atoms with E-state index in [0.29, 0.717) is 25.2 Å². The number of amides is 2. The van der Waals surface area contributed by atoms with Gasteiger partial charge in [-0.05, 0) is 43.5 Å². The highest BCUT2D eigenvalue weighted by molar-refractivity contribution is 7.89. The fourth-order valence-corrected chi connectivity index (χ4v) is 4.46. The molecule has 8 heteroatoms. The van der Waals surface area contributed by atoms with E-state index in [1.54, 1.807) is 11.9 Å². The number of nitrogens with zero attached hydrogens (tertiary/aromatic N) is 2. The molecule has 1 fully saturated rings. The number of carbonyl (C=O) groups is 2. The number of hydrogen-bond donors (Lipinski definition) is 1. The minimum atomic E-state index is -3.51. The van der Waals surface area contributed by atoms with Crippen LogP contribution < -0.4 is 5.32 Å². The van der Waals surface area contributed by atoms with E-state index in [0.717, 1.165) is 32.1 Å². The smallest absolute Gasteiger partial charge is 0.251 e. The number of sulfonamides is 1. The minimum Gasteiger partial charge on any atom is -0.344 e. The second kappa shape index (κ2) is 9.85. The van der Waals surface area contributed by atoms with Gasteiger partial charge in [0.15, 0.2) is 0 Å². The maximum Gasteiger partial charge on any atom is 0.251 e. The summed E-state index contributed by atoms with van der Waals surface area (Å²) in [4.78, 5) is 26.0. The molecule has 2 amide bonds. The van der Waals surface area contributed by atoms with Crippen LogP contribution in [0.15, 0.2) is 29.2 Å². The molecule has 1 heterocycles. The predicted molar refractivity (Wildman–Crippen MR) is 104 cm³/mol. The molecule has 0 aromatic heterocycles. The highest BCUT2D eigenvalue weighted by Crippen LogP contribution is 2.20. The molecule has 1 aliphatic rings. The molecule has 1 aromatic carbocycles. The molecule has 0 atom stereocenters. The Morgan fingerprint density at radius 3 is 2.33 bits per heavy atom. The zero-order valence-electron chi connectivity index (χ0n) is 16.1. The van der Waals surface area contributed by atoms with Gasteiger partial charge < -0.3 is 10.2 Å². The van der Waals surface area contributed by atoms with Crippen molar-refractivity contribution in [3.05, 3.63) is 29.8 Å². The molecule has 0 bridgehead atoms. The van der Waals surface area contributed by atoms with Gasteiger partial charge in [0.2, 0.25) is 15.9 Å². The van der Waals surface area contributed by atoms with Crippen LogP contribution in [0.3, 0.4) is 0 Å². The molecular weight excluding hydrogens is 366 g/mol. The summed E-state index contributed by atoms with van der Waals surface area (Å²) in [5, 5.41) is 2.59. The number of carbonyl (C=O) groups excluding carboxylic acids is 2. The standard InChI is InChI=1S/C19H29N3O4S/c1-3-4-12-21(2)18(23)15-20-19(24)16-8-10-17(11-9-16)27(25,26)22-13-6-5-7-14-22/h8-11H,3-7,12-15H2,1-2H3,(H,20,24). The van der Waals surface area contributed by atoms with Crippen molar-refractivity contribution in [1.82, 2.24) is 14.5 Å². The average molecular weight is 396 g/mol. The van der Waals surface area contributed by atoms with Crippen molar-refractivity contribution >= 4 is 21.8 Å². The van der Waals surface area contributed by atoms with Crippen molar-refractivity contribution in [3.63, 3.8) is 0 Å². The van der Waals surface area contributed by atoms with Gasteiger partial charge in [-0.3, -0.25) is 9.59 Å². The van der Waals surface area contributed by atoms with Crippen LogP contribution in [0.25, 0.3) is 0 Å². The maximum atomic E-state index is 12.6. The van der Waals surface area contributed by atoms with E-state index in [1.807, 2.05) is 0 Å². The van der Waals surface area contributed by atoms with Crippen LogP contribution in [-0.4, -0.2) is 62.7 Å². The third-order valence-electron chi connectivity index (χ3n) is 4.74. The van der Waals surface area contributed by atoms with Crippen LogP contribution >= 0.6 is 0 Å². The van der Waals surface area contributed by atoms with Gasteiger partial charge >= 0.3 is 0 Å². The summed E-state index contributed by atoms with van der Waals surface area (Å²) in [5.41, 5.74) is 0.330. The van der Waals surface area contributed by atoms with E-state index in [1.165, 1.54) is 28.6 Å². The molecular formula is C19H29N3O4S. The SMILES string of the molecule is CCCCN(C)C(=O)CNC(=O)c1ccc(S(=O)(=O)N2CCCCC2)cc1. The Morgan fingerprint density at radius 2 is 1.74 bits per heavy atom. The fourth-order valence-electron chi connectivity index (χ4n) is 2.95. The first-order valence-electron chi connectivity index (χ1n) is 9.48. The molecule has 2 rings (SSSR count). The lowest BCUT2D eigenvalue weighted by molar-refractivity contribution is -0.128. The number of unbranched alkanes of at least 4 members (excludes halogenated alkanes) is 1. The van der Waals surface area contributed by atoms with Crippen molar-refractivity contribution < 1.29 is 18.0 Å². The summed E-state index contributed by atoms with van der Waals surface area (Å²) < 4.78 is 26.7. The Kier molecular flexibility index (Phi) is 7.79. The number of hydrogen-bond acceptors (Lipinski definition) is 4. The highest BCUT2D eigenvalue weighted by Gasteiger charge is 2.26. The normalized spacial score (nSPS) is 15.3. The molecule has 7 nitrogen and oxygen atoms in total. The summed E-state index contributed by atoms with van der Waals surface area (Å²) in [7, 11) is -1.80. The van der Waals surface area contributed by atoms with Crippen LogP contribution in [0.2, 0.25) is 0 Å². The quantitative estimate of drug-likeness (QED) is 0.728. The first-order valence-corrected chi connectivity index (χ1v) is 10.9. The number of piperidine rings is 1. The van der Waals surface area contributed by atoms with Gasteiger partial charge in [0, 0.05) is 32.2 Å². The Hall–Kier alpha value is -1.93. The predicted octanol–water partition coefficient (Wildman–Crippen LogP) is 1.85. The van der Waals surface area contributed by atoms with Gasteiger partial charge in [0.05, 0.1) is 11.4 Å². The molecule has 0 saturated carbocycles. The fraction of sp³-hybridized carbons (Fsp3) is 0.579. The van der Waals surface area contributed by atoms with Crippen molar-refractivity contribution in [2.45, 2.75) is 43.9 Å². The maximum absolute atomic E-state index is 12.6. The third-order valence-corrected chi connectivity index (χ3v) is 6.66. The van der Waals surface area contributed by atoms with Gasteiger partial charge in [-0.1, -0.05) is 19.8 Å². The Balaban J connectivity index is 1.94. The summed E-state index contributed by atoms with van der Waals surface area (Å²) in [6.07, 6.45) is 4.72. The Bertz CT molecular complexity index is 741. The van der Waals surface area contributed by atoms with E-state index < -0.39 is 15.9 Å². The van der Waals surface area contributed by atoms with E-state index >= 15 is 0 Å². The summed E-state index contributed by atoms with van der Waals surface area (Å²) in [5.74, 6) is -0.546. The largest absolute Gasteiger partial charge is 0.344 e. The summed E-state index contributed by atoms with van der Waals surface area (Å²) in [6.45, 7) is 3.72. The topological polar surface area (TPSA) is 86.8 Å². The molecule has 0 aliphatic carbocycles. The first kappa shape index (κ1) is 21.4. The molecule has 150 valence electrons. The molecule has 0 unspecified atom stereocenters. The third kappa shape index (κ3) is 5.77. The number of rotatable bonds is 8. The van der Waals surface area contributed by atoms with Gasteiger partial charge in [-0.15, -0.1) is 0 Å². The van der Waals surface area contributed by atoms with Crippen molar-refractivity contribution in [2.24, 2.45) is 0 Å². The van der Waals surface area contributed by atoms with E-state index in [4.69, 9.17) is 0 Å². The Morgan fingerprint density at radius 1 is 1.11 bits per heavy atom. The van der Waals surface area contributed by atoms with Crippen LogP contribution in [0.5, 0.6) is 0 Å². The van der Waals surface area contributed by atoms with Crippen LogP contribution in [0.1, 0.15) is 49.4 Å². The molecule has 1 N–H and O–H groups in total. The van der Waals surface area contributed by atoms with Gasteiger partial charge in [0.25, 0.3) is 5.91 Å². The summed E-state index contributed by atoms with van der Waals surface area (Å²) in [6, 6.07) is 5.87. The van der Waals surface area contributed by atoms with Gasteiger partial charge in [0.1, 0.15) is 0 Å². The van der Waals surface area contributed by atoms with E-state index in [-0.39, 0.29) is 17.3 Å². The lowest BCUT2D eigenvalue weighted by Gasteiger charge is -2.25. The van der Waals surface area contributed by atoms with Gasteiger partial charge in [-0.25, -0.2) is 8.42 Å². The summed E-state index contributed by atoms with van der Waals surface area (Å²) >= 11 is 0. The molecule has 1 aliphatic heterocycles. The van der Waals surface area contributed by atoms with E-state index in [9.17, 15) is 18.0 Å². The lowest BCUT2D eigenvalue weighted by atomic mass is 10.2. The second-order valence-electron chi connectivity index (χ2n) is 6.84. The molecule has 27 heavy (non-hydrogen) atoms. The van der Waals surface area contributed by atoms with Crippen molar-refractivity contribution in [1.29, 1.82) is 0 Å². The average Bonchev–Trinajstić information content (AvgIpc) is 2.70. The molecule has 0 spiro atoms. The zero-order valence-corrected chi connectivity index (χ0v) is 16.9. The number of nitrogens with one attached hydrogen (secondary N) is 1. The number of benzene rings is 1. The van der Waals surface area contributed by atoms with Crippen LogP contribution in [-0.2, 0) is 14.8 Å². The lowest BCUT2D eigenvalue weighted by Crippen LogP contribution is -2.38. The zero-order chi connectivity index (χ0) is 19.9. The molecule has 1 aromatic rings. The van der Waals surface area contributed by atoms with E-state index in [2.05, 4.69) is 12.2 Å². The number of likely N-dealkylation sites (N-methyl/N-ethyl adjacent to an activating group) is 1. The van der Waals surface area contributed by atoms with Crippen LogP contribution in [0.4, 0.5) is 0 Å². The highest BCUT2D eigenvalue weighted by atomic mass is 32.2. The second-order valence-corrected chi connectivity index (χ2v) is 8.78. The first-order chi connectivity index (χ1) is 12.9. The molecule has 1 saturated heterocycles. The monoisotopic (exact) mass is 395 g/mol.